The summed E-state index contributed by atoms with van der Waals surface area (Å²) in [6, 6.07) is 0. The lowest BCUT2D eigenvalue weighted by atomic mass is 9.85. The van der Waals surface area contributed by atoms with Crippen LogP contribution in [-0.4, -0.2) is 43.8 Å². The van der Waals surface area contributed by atoms with Crippen molar-refractivity contribution in [2.24, 2.45) is 35.5 Å². The van der Waals surface area contributed by atoms with Gasteiger partial charge in [-0.2, -0.15) is 0 Å². The summed E-state index contributed by atoms with van der Waals surface area (Å²) in [5, 5.41) is 0. The highest BCUT2D eigenvalue weighted by atomic mass is 16.7. The summed E-state index contributed by atoms with van der Waals surface area (Å²) in [6.45, 7) is 19.3. The lowest BCUT2D eigenvalue weighted by Gasteiger charge is -2.35. The van der Waals surface area contributed by atoms with Gasteiger partial charge in [0, 0.05) is 6.42 Å². The second-order valence-corrected chi connectivity index (χ2v) is 10.7. The highest BCUT2D eigenvalue weighted by Crippen LogP contribution is 2.46. The van der Waals surface area contributed by atoms with Gasteiger partial charge in [0.2, 0.25) is 0 Å². The molecule has 2 aliphatic rings. The molecule has 0 spiro atoms. The third kappa shape index (κ3) is 6.80. The SMILES string of the molecule is CCC(C)COC(=O)C1CC2(C(OCC(CC)C(C)C)OCC(CC)C(C)C)C=CC1O2. The monoisotopic (exact) mass is 452 g/mol. The Balaban J connectivity index is 2.11. The number of hydrogen-bond acceptors (Lipinski definition) is 5. The van der Waals surface area contributed by atoms with Gasteiger partial charge in [0.1, 0.15) is 5.60 Å². The van der Waals surface area contributed by atoms with E-state index in [0.29, 0.717) is 55.8 Å². The summed E-state index contributed by atoms with van der Waals surface area (Å²) in [7, 11) is 0. The first kappa shape index (κ1) is 27.3. The van der Waals surface area contributed by atoms with Gasteiger partial charge in [0.05, 0.1) is 31.8 Å². The molecule has 5 heteroatoms. The van der Waals surface area contributed by atoms with Crippen molar-refractivity contribution >= 4 is 5.97 Å². The zero-order valence-corrected chi connectivity index (χ0v) is 21.8. The Morgan fingerprint density at radius 3 is 1.97 bits per heavy atom. The van der Waals surface area contributed by atoms with Crippen molar-refractivity contribution in [1.29, 1.82) is 0 Å². The molecule has 0 saturated carbocycles. The van der Waals surface area contributed by atoms with Crippen LogP contribution in [0.1, 0.15) is 81.1 Å². The van der Waals surface area contributed by atoms with E-state index in [0.717, 1.165) is 19.3 Å². The standard InChI is InChI=1S/C27H48O5/c1-9-20(8)15-29-25(28)23-14-27(13-12-24(23)32-27)26(30-16-21(10-2)18(4)5)31-17-22(11-3)19(6)7/h12-13,18-24,26H,9-11,14-17H2,1-8H3. The van der Waals surface area contributed by atoms with Crippen molar-refractivity contribution in [3.63, 3.8) is 0 Å². The van der Waals surface area contributed by atoms with Crippen LogP contribution in [0.15, 0.2) is 12.2 Å². The maximum absolute atomic E-state index is 12.8. The summed E-state index contributed by atoms with van der Waals surface area (Å²) < 4.78 is 24.9. The fourth-order valence-electron chi connectivity index (χ4n) is 4.59. The molecule has 0 aromatic carbocycles. The van der Waals surface area contributed by atoms with Gasteiger partial charge >= 0.3 is 5.97 Å². The molecule has 2 aliphatic heterocycles. The van der Waals surface area contributed by atoms with Crippen molar-refractivity contribution in [3.8, 4) is 0 Å². The van der Waals surface area contributed by atoms with Gasteiger partial charge in [-0.05, 0) is 35.7 Å². The third-order valence-corrected chi connectivity index (χ3v) is 7.63. The molecule has 186 valence electrons. The first-order valence-electron chi connectivity index (χ1n) is 12.9. The molecule has 0 radical (unpaired) electrons. The number of carbonyl (C=O) groups excluding carboxylic acids is 1. The molecule has 2 heterocycles. The fourth-order valence-corrected chi connectivity index (χ4v) is 4.59. The van der Waals surface area contributed by atoms with Crippen LogP contribution in [0.5, 0.6) is 0 Å². The van der Waals surface area contributed by atoms with Crippen LogP contribution in [0.4, 0.5) is 0 Å². The molecular weight excluding hydrogens is 404 g/mol. The van der Waals surface area contributed by atoms with Gasteiger partial charge in [-0.25, -0.2) is 0 Å². The van der Waals surface area contributed by atoms with Crippen LogP contribution in [0.25, 0.3) is 0 Å². The Kier molecular flexibility index (Phi) is 10.7. The van der Waals surface area contributed by atoms with E-state index < -0.39 is 11.9 Å². The topological polar surface area (TPSA) is 54.0 Å². The van der Waals surface area contributed by atoms with Crippen LogP contribution in [0.3, 0.4) is 0 Å². The molecule has 0 amide bonds. The number of ether oxygens (including phenoxy) is 4. The highest BCUT2D eigenvalue weighted by Gasteiger charge is 2.57. The number of hydrogen-bond donors (Lipinski definition) is 0. The van der Waals surface area contributed by atoms with Gasteiger partial charge in [0.15, 0.2) is 6.29 Å². The lowest BCUT2D eigenvalue weighted by Crippen LogP contribution is -2.45. The maximum atomic E-state index is 12.8. The van der Waals surface area contributed by atoms with Crippen molar-refractivity contribution in [1.82, 2.24) is 0 Å². The molecular formula is C27H48O5. The molecule has 0 N–H and O–H groups in total. The Bertz CT molecular complexity index is 581. The molecule has 0 aliphatic carbocycles. The predicted molar refractivity (Wildman–Crippen MR) is 128 cm³/mol. The minimum Gasteiger partial charge on any atom is -0.465 e. The van der Waals surface area contributed by atoms with Gasteiger partial charge < -0.3 is 18.9 Å². The quantitative estimate of drug-likeness (QED) is 0.173. The van der Waals surface area contributed by atoms with Gasteiger partial charge in [-0.15, -0.1) is 0 Å². The number of carbonyl (C=O) groups is 1. The van der Waals surface area contributed by atoms with E-state index in [1.165, 1.54) is 0 Å². The van der Waals surface area contributed by atoms with Crippen molar-refractivity contribution in [3.05, 3.63) is 12.2 Å². The number of esters is 1. The molecule has 32 heavy (non-hydrogen) atoms. The van der Waals surface area contributed by atoms with Crippen LogP contribution >= 0.6 is 0 Å². The summed E-state index contributed by atoms with van der Waals surface area (Å²) in [6.07, 6.45) is 6.95. The number of rotatable bonds is 15. The van der Waals surface area contributed by atoms with Crippen LogP contribution < -0.4 is 0 Å². The summed E-state index contributed by atoms with van der Waals surface area (Å²) in [4.78, 5) is 12.8. The van der Waals surface area contributed by atoms with Crippen LogP contribution in [0, 0.1) is 35.5 Å². The summed E-state index contributed by atoms with van der Waals surface area (Å²) in [5.74, 6) is 1.91. The fraction of sp³-hybridized carbons (Fsp3) is 0.889. The minimum absolute atomic E-state index is 0.164. The van der Waals surface area contributed by atoms with Crippen molar-refractivity contribution in [2.75, 3.05) is 19.8 Å². The van der Waals surface area contributed by atoms with Crippen LogP contribution in [-0.2, 0) is 23.7 Å². The lowest BCUT2D eigenvalue weighted by molar-refractivity contribution is -0.235. The average molecular weight is 453 g/mol. The molecule has 0 aromatic rings. The van der Waals surface area contributed by atoms with E-state index in [2.05, 4.69) is 61.5 Å². The maximum Gasteiger partial charge on any atom is 0.312 e. The highest BCUT2D eigenvalue weighted by molar-refractivity contribution is 5.74. The van der Waals surface area contributed by atoms with E-state index in [4.69, 9.17) is 18.9 Å². The zero-order valence-electron chi connectivity index (χ0n) is 21.8. The normalized spacial score (nSPS) is 28.3. The molecule has 1 fully saturated rings. The third-order valence-electron chi connectivity index (χ3n) is 7.63. The summed E-state index contributed by atoms with van der Waals surface area (Å²) >= 11 is 0. The van der Waals surface area contributed by atoms with E-state index >= 15 is 0 Å². The first-order chi connectivity index (χ1) is 15.2. The minimum atomic E-state index is -0.713. The molecule has 1 saturated heterocycles. The smallest absolute Gasteiger partial charge is 0.312 e. The number of fused-ring (bicyclic) bond motifs is 2. The summed E-state index contributed by atoms with van der Waals surface area (Å²) in [5.41, 5.74) is -0.713. The molecule has 5 nitrogen and oxygen atoms in total. The Labute approximate surface area is 196 Å². The molecule has 0 aromatic heterocycles. The first-order valence-corrected chi connectivity index (χ1v) is 12.9. The van der Waals surface area contributed by atoms with Crippen molar-refractivity contribution < 1.29 is 23.7 Å². The Morgan fingerprint density at radius 2 is 1.50 bits per heavy atom. The second kappa shape index (κ2) is 12.5. The molecule has 6 unspecified atom stereocenters. The Hall–Kier alpha value is -0.910. The molecule has 2 bridgehead atoms. The van der Waals surface area contributed by atoms with Crippen molar-refractivity contribution in [2.45, 2.75) is 99.1 Å². The molecule has 2 rings (SSSR count). The Morgan fingerprint density at radius 1 is 0.938 bits per heavy atom. The zero-order chi connectivity index (χ0) is 23.9. The largest absolute Gasteiger partial charge is 0.465 e. The predicted octanol–water partition coefficient (Wildman–Crippen LogP) is 6.01. The second-order valence-electron chi connectivity index (χ2n) is 10.7. The van der Waals surface area contributed by atoms with Gasteiger partial charge in [-0.3, -0.25) is 4.79 Å². The van der Waals surface area contributed by atoms with E-state index in [9.17, 15) is 4.79 Å². The van der Waals surface area contributed by atoms with Crippen LogP contribution in [0.2, 0.25) is 0 Å². The van der Waals surface area contributed by atoms with Gasteiger partial charge in [-0.1, -0.05) is 80.7 Å². The molecule has 6 atom stereocenters. The average Bonchev–Trinajstić information content (AvgIpc) is 3.36. The van der Waals surface area contributed by atoms with E-state index in [1.807, 2.05) is 6.08 Å². The van der Waals surface area contributed by atoms with E-state index in [-0.39, 0.29) is 18.0 Å². The van der Waals surface area contributed by atoms with Gasteiger partial charge in [0.25, 0.3) is 0 Å². The van der Waals surface area contributed by atoms with E-state index in [1.54, 1.807) is 0 Å².